The maximum absolute atomic E-state index is 11.3. The first kappa shape index (κ1) is 17.3. The van der Waals surface area contributed by atoms with Gasteiger partial charge in [0.2, 0.25) is 0 Å². The number of carbonyl (C=O) groups is 1. The molecule has 2 aromatic rings. The number of aryl methyl sites for hydroxylation is 1. The molecule has 2 aromatic carbocycles. The molecule has 126 valence electrons. The summed E-state index contributed by atoms with van der Waals surface area (Å²) >= 11 is 0. The van der Waals surface area contributed by atoms with Crippen molar-refractivity contribution in [1.82, 2.24) is 0 Å². The fourth-order valence-electron chi connectivity index (χ4n) is 1.91. The van der Waals surface area contributed by atoms with Gasteiger partial charge in [-0.25, -0.2) is 0 Å². The third-order valence-electron chi connectivity index (χ3n) is 3.05. The Hall–Kier alpha value is -3.09. The summed E-state index contributed by atoms with van der Waals surface area (Å²) < 4.78 is 11.1. The first-order valence-electron chi connectivity index (χ1n) is 7.37. The third kappa shape index (κ3) is 5.96. The maximum Gasteiger partial charge on any atom is 0.296 e. The van der Waals surface area contributed by atoms with Crippen LogP contribution in [0, 0.1) is 17.0 Å². The number of carbonyl (C=O) groups excluding carboxylic acids is 1. The van der Waals surface area contributed by atoms with Crippen molar-refractivity contribution < 1.29 is 19.2 Å². The third-order valence-corrected chi connectivity index (χ3v) is 3.05. The number of hydrogen-bond acceptors (Lipinski definition) is 5. The van der Waals surface area contributed by atoms with Crippen LogP contribution < -0.4 is 14.8 Å². The highest BCUT2D eigenvalue weighted by Crippen LogP contribution is 2.16. The molecule has 7 heteroatoms. The predicted octanol–water partition coefficient (Wildman–Crippen LogP) is 2.67. The number of amides is 1. The van der Waals surface area contributed by atoms with Gasteiger partial charge in [-0.15, -0.1) is 0 Å². The number of nitrogens with zero attached hydrogens (tertiary/aromatic N) is 1. The Labute approximate surface area is 139 Å². The van der Waals surface area contributed by atoms with Crippen molar-refractivity contribution in [2.24, 2.45) is 0 Å². The van der Waals surface area contributed by atoms with Crippen molar-refractivity contribution in [3.05, 3.63) is 64.2 Å². The molecule has 0 fully saturated rings. The lowest BCUT2D eigenvalue weighted by atomic mass is 10.2. The van der Waals surface area contributed by atoms with Gasteiger partial charge < -0.3 is 14.8 Å². The van der Waals surface area contributed by atoms with Crippen LogP contribution in [0.25, 0.3) is 0 Å². The maximum atomic E-state index is 11.3. The summed E-state index contributed by atoms with van der Waals surface area (Å²) in [5, 5.41) is 12.7. The summed E-state index contributed by atoms with van der Waals surface area (Å²) in [5.41, 5.74) is 1.65. The minimum atomic E-state index is -0.755. The van der Waals surface area contributed by atoms with Gasteiger partial charge >= 0.3 is 0 Å². The first-order chi connectivity index (χ1) is 11.5. The zero-order chi connectivity index (χ0) is 17.4. The lowest BCUT2D eigenvalue weighted by Gasteiger charge is -2.09. The van der Waals surface area contributed by atoms with Gasteiger partial charge in [0.1, 0.15) is 24.7 Å². The highest BCUT2D eigenvalue weighted by molar-refractivity contribution is 5.91. The van der Waals surface area contributed by atoms with Crippen LogP contribution in [0.5, 0.6) is 11.5 Å². The standard InChI is InChI=1S/C17H18N2O5/c1-13-2-6-15(7-3-13)23-10-11-24-16-8-4-14(5-9-16)18-17(20)12-19(21)22/h2-9H,10-12H2,1H3,(H,18,20). The molecule has 1 amide bonds. The summed E-state index contributed by atoms with van der Waals surface area (Å²) in [6.07, 6.45) is 0. The van der Waals surface area contributed by atoms with Crippen LogP contribution in [0.2, 0.25) is 0 Å². The molecule has 0 spiro atoms. The number of hydrogen-bond donors (Lipinski definition) is 1. The number of anilines is 1. The van der Waals surface area contributed by atoms with E-state index in [1.54, 1.807) is 24.3 Å². The minimum Gasteiger partial charge on any atom is -0.490 e. The molecule has 0 saturated carbocycles. The van der Waals surface area contributed by atoms with Gasteiger partial charge in [-0.3, -0.25) is 14.9 Å². The smallest absolute Gasteiger partial charge is 0.296 e. The fraction of sp³-hybridized carbons (Fsp3) is 0.235. The Morgan fingerprint density at radius 2 is 1.50 bits per heavy atom. The van der Waals surface area contributed by atoms with Gasteiger partial charge in [0, 0.05) is 10.6 Å². The Morgan fingerprint density at radius 1 is 1.00 bits per heavy atom. The van der Waals surface area contributed by atoms with Crippen molar-refractivity contribution in [2.45, 2.75) is 6.92 Å². The van der Waals surface area contributed by atoms with Crippen molar-refractivity contribution in [3.63, 3.8) is 0 Å². The van der Waals surface area contributed by atoms with Crippen molar-refractivity contribution in [1.29, 1.82) is 0 Å². The number of nitro groups is 1. The second kappa shape index (κ2) is 8.52. The molecule has 0 saturated heterocycles. The molecular weight excluding hydrogens is 312 g/mol. The van der Waals surface area contributed by atoms with E-state index < -0.39 is 17.4 Å². The van der Waals surface area contributed by atoms with E-state index >= 15 is 0 Å². The topological polar surface area (TPSA) is 90.7 Å². The van der Waals surface area contributed by atoms with Crippen LogP contribution in [0.4, 0.5) is 5.69 Å². The zero-order valence-corrected chi connectivity index (χ0v) is 13.2. The second-order valence-electron chi connectivity index (χ2n) is 5.07. The predicted molar refractivity (Wildman–Crippen MR) is 89.1 cm³/mol. The van der Waals surface area contributed by atoms with E-state index in [-0.39, 0.29) is 0 Å². The molecule has 0 aliphatic rings. The summed E-state index contributed by atoms with van der Waals surface area (Å²) in [7, 11) is 0. The molecule has 0 aliphatic carbocycles. The lowest BCUT2D eigenvalue weighted by Crippen LogP contribution is -2.21. The molecule has 1 N–H and O–H groups in total. The average molecular weight is 330 g/mol. The summed E-state index contributed by atoms with van der Waals surface area (Å²) in [6.45, 7) is 2.04. The SMILES string of the molecule is Cc1ccc(OCCOc2ccc(NC(=O)C[N+](=O)[O-])cc2)cc1. The normalized spacial score (nSPS) is 10.0. The molecule has 0 radical (unpaired) electrons. The molecule has 0 aromatic heterocycles. The van der Waals surface area contributed by atoms with Crippen LogP contribution in [-0.4, -0.2) is 30.6 Å². The van der Waals surface area contributed by atoms with Crippen molar-refractivity contribution >= 4 is 11.6 Å². The van der Waals surface area contributed by atoms with E-state index in [4.69, 9.17) is 9.47 Å². The van der Waals surface area contributed by atoms with Crippen LogP contribution in [0.1, 0.15) is 5.56 Å². The largest absolute Gasteiger partial charge is 0.490 e. The molecule has 2 rings (SSSR count). The van der Waals surface area contributed by atoms with Gasteiger partial charge in [0.05, 0.1) is 0 Å². The van der Waals surface area contributed by atoms with Gasteiger partial charge in [0.25, 0.3) is 12.5 Å². The quantitative estimate of drug-likeness (QED) is 0.456. The molecule has 24 heavy (non-hydrogen) atoms. The number of rotatable bonds is 8. The molecule has 0 aliphatic heterocycles. The molecule has 0 atom stereocenters. The monoisotopic (exact) mass is 330 g/mol. The van der Waals surface area contributed by atoms with E-state index in [0.717, 1.165) is 5.75 Å². The van der Waals surface area contributed by atoms with E-state index in [0.29, 0.717) is 24.7 Å². The average Bonchev–Trinajstić information content (AvgIpc) is 2.54. The zero-order valence-electron chi connectivity index (χ0n) is 13.2. The minimum absolute atomic E-state index is 0.376. The summed E-state index contributed by atoms with van der Waals surface area (Å²) in [5.74, 6) is 0.739. The van der Waals surface area contributed by atoms with Crippen LogP contribution in [0.3, 0.4) is 0 Å². The van der Waals surface area contributed by atoms with Gasteiger partial charge in [-0.2, -0.15) is 0 Å². The van der Waals surface area contributed by atoms with Crippen molar-refractivity contribution in [2.75, 3.05) is 25.1 Å². The molecule has 0 bridgehead atoms. The Kier molecular flexibility index (Phi) is 6.13. The Bertz CT molecular complexity index is 683. The highest BCUT2D eigenvalue weighted by atomic mass is 16.6. The Balaban J connectivity index is 1.72. The second-order valence-corrected chi connectivity index (χ2v) is 5.07. The highest BCUT2D eigenvalue weighted by Gasteiger charge is 2.09. The van der Waals surface area contributed by atoms with Gasteiger partial charge in [-0.05, 0) is 43.3 Å². The number of ether oxygens (including phenoxy) is 2. The Morgan fingerprint density at radius 3 is 2.00 bits per heavy atom. The molecule has 7 nitrogen and oxygen atoms in total. The van der Waals surface area contributed by atoms with Crippen LogP contribution in [-0.2, 0) is 4.79 Å². The molecule has 0 heterocycles. The van der Waals surface area contributed by atoms with E-state index in [1.165, 1.54) is 5.56 Å². The first-order valence-corrected chi connectivity index (χ1v) is 7.37. The molecular formula is C17H18N2O5. The number of benzene rings is 2. The van der Waals surface area contributed by atoms with E-state index in [9.17, 15) is 14.9 Å². The van der Waals surface area contributed by atoms with Gasteiger partial charge in [-0.1, -0.05) is 17.7 Å². The van der Waals surface area contributed by atoms with Gasteiger partial charge in [0.15, 0.2) is 0 Å². The summed E-state index contributed by atoms with van der Waals surface area (Å²) in [4.78, 5) is 20.8. The van der Waals surface area contributed by atoms with Crippen molar-refractivity contribution in [3.8, 4) is 11.5 Å². The summed E-state index contributed by atoms with van der Waals surface area (Å²) in [6, 6.07) is 14.3. The van der Waals surface area contributed by atoms with E-state index in [2.05, 4.69) is 5.32 Å². The lowest BCUT2D eigenvalue weighted by molar-refractivity contribution is -0.467. The number of nitrogens with one attached hydrogen (secondary N) is 1. The van der Waals surface area contributed by atoms with E-state index in [1.807, 2.05) is 31.2 Å². The molecule has 0 unspecified atom stereocenters. The fourth-order valence-corrected chi connectivity index (χ4v) is 1.91. The van der Waals surface area contributed by atoms with Crippen LogP contribution in [0.15, 0.2) is 48.5 Å². The van der Waals surface area contributed by atoms with Crippen LogP contribution >= 0.6 is 0 Å².